The van der Waals surface area contributed by atoms with Gasteiger partial charge in [0.1, 0.15) is 0 Å². The minimum Gasteiger partial charge on any atom is -0.321 e. The van der Waals surface area contributed by atoms with Crippen LogP contribution in [-0.4, -0.2) is 11.8 Å². The first-order valence-corrected chi connectivity index (χ1v) is 4.58. The van der Waals surface area contributed by atoms with Gasteiger partial charge >= 0.3 is 0 Å². The van der Waals surface area contributed by atoms with E-state index in [0.29, 0.717) is 0 Å². The maximum absolute atomic E-state index is 11.6. The lowest BCUT2D eigenvalue weighted by atomic mass is 9.87. The number of hydrogen-bond acceptors (Lipinski definition) is 2. The van der Waals surface area contributed by atoms with Crippen molar-refractivity contribution in [1.29, 1.82) is 0 Å². The molecule has 0 fully saturated rings. The van der Waals surface area contributed by atoms with Crippen LogP contribution < -0.4 is 5.73 Å². The van der Waals surface area contributed by atoms with Crippen molar-refractivity contribution in [3.05, 3.63) is 34.9 Å². The van der Waals surface area contributed by atoms with Crippen molar-refractivity contribution in [3.63, 3.8) is 0 Å². The van der Waals surface area contributed by atoms with Crippen LogP contribution in [0.1, 0.15) is 27.9 Å². The zero-order valence-corrected chi connectivity index (χ0v) is 7.71. The summed E-state index contributed by atoms with van der Waals surface area (Å²) < 4.78 is 0. The predicted octanol–water partition coefficient (Wildman–Crippen LogP) is 1.45. The third-order valence-electron chi connectivity index (χ3n) is 2.59. The van der Waals surface area contributed by atoms with Crippen molar-refractivity contribution in [2.75, 3.05) is 0 Å². The van der Waals surface area contributed by atoms with Crippen LogP contribution in [0.5, 0.6) is 0 Å². The zero-order valence-electron chi connectivity index (χ0n) is 7.71. The summed E-state index contributed by atoms with van der Waals surface area (Å²) in [6.07, 6.45) is 1.72. The predicted molar refractivity (Wildman–Crippen MR) is 51.8 cm³/mol. The molecule has 0 aliphatic heterocycles. The monoisotopic (exact) mass is 175 g/mol. The van der Waals surface area contributed by atoms with Crippen LogP contribution in [0.3, 0.4) is 0 Å². The summed E-state index contributed by atoms with van der Waals surface area (Å²) in [4.78, 5) is 11.6. The van der Waals surface area contributed by atoms with Crippen molar-refractivity contribution < 1.29 is 4.79 Å². The molecule has 1 aromatic carbocycles. The summed E-state index contributed by atoms with van der Waals surface area (Å²) in [5, 5.41) is 0. The van der Waals surface area contributed by atoms with Gasteiger partial charge in [0.05, 0.1) is 6.04 Å². The quantitative estimate of drug-likeness (QED) is 0.648. The molecule has 1 aliphatic carbocycles. The highest BCUT2D eigenvalue weighted by Crippen LogP contribution is 2.21. The number of Topliss-reactive ketones (excluding diaryl/α,β-unsaturated/α-hetero) is 1. The Kier molecular flexibility index (Phi) is 1.93. The Morgan fingerprint density at radius 3 is 3.00 bits per heavy atom. The number of fused-ring (bicyclic) bond motifs is 1. The van der Waals surface area contributed by atoms with Gasteiger partial charge in [0, 0.05) is 5.56 Å². The van der Waals surface area contributed by atoms with Crippen molar-refractivity contribution in [2.24, 2.45) is 5.73 Å². The normalized spacial score (nSPS) is 21.4. The molecule has 0 aromatic heterocycles. The van der Waals surface area contributed by atoms with E-state index < -0.39 is 0 Å². The van der Waals surface area contributed by atoms with Crippen LogP contribution in [0.2, 0.25) is 0 Å². The molecule has 1 aliphatic rings. The second-order valence-corrected chi connectivity index (χ2v) is 3.67. The van der Waals surface area contributed by atoms with Gasteiger partial charge in [0.15, 0.2) is 5.78 Å². The van der Waals surface area contributed by atoms with Crippen molar-refractivity contribution in [1.82, 2.24) is 0 Å². The number of hydrogen-bond donors (Lipinski definition) is 1. The van der Waals surface area contributed by atoms with Gasteiger partial charge in [0.25, 0.3) is 0 Å². The lowest BCUT2D eigenvalue weighted by Gasteiger charge is -2.20. The van der Waals surface area contributed by atoms with E-state index in [9.17, 15) is 4.79 Å². The summed E-state index contributed by atoms with van der Waals surface area (Å²) in [6.45, 7) is 1.99. The molecule has 68 valence electrons. The molecule has 0 heterocycles. The molecule has 2 N–H and O–H groups in total. The van der Waals surface area contributed by atoms with Crippen molar-refractivity contribution in [2.45, 2.75) is 25.8 Å². The highest BCUT2D eigenvalue weighted by atomic mass is 16.1. The second-order valence-electron chi connectivity index (χ2n) is 3.67. The third-order valence-corrected chi connectivity index (χ3v) is 2.59. The number of aryl methyl sites for hydroxylation is 2. The first-order chi connectivity index (χ1) is 6.18. The Hall–Kier alpha value is -1.15. The van der Waals surface area contributed by atoms with Crippen LogP contribution in [0.4, 0.5) is 0 Å². The molecule has 2 heteroatoms. The van der Waals surface area contributed by atoms with Gasteiger partial charge < -0.3 is 5.73 Å². The van der Waals surface area contributed by atoms with Crippen LogP contribution in [0, 0.1) is 6.92 Å². The number of rotatable bonds is 0. The topological polar surface area (TPSA) is 43.1 Å². The van der Waals surface area contributed by atoms with Gasteiger partial charge in [-0.05, 0) is 31.4 Å². The minimum atomic E-state index is -0.283. The van der Waals surface area contributed by atoms with E-state index in [0.717, 1.165) is 29.5 Å². The van der Waals surface area contributed by atoms with Crippen LogP contribution >= 0.6 is 0 Å². The Labute approximate surface area is 77.8 Å². The lowest BCUT2D eigenvalue weighted by molar-refractivity contribution is 0.0948. The van der Waals surface area contributed by atoms with E-state index in [1.165, 1.54) is 0 Å². The molecule has 0 saturated heterocycles. The van der Waals surface area contributed by atoms with Gasteiger partial charge in [-0.3, -0.25) is 4.79 Å². The maximum Gasteiger partial charge on any atom is 0.179 e. The fourth-order valence-electron chi connectivity index (χ4n) is 1.78. The lowest BCUT2D eigenvalue weighted by Crippen LogP contribution is -2.35. The SMILES string of the molecule is Cc1ccc2c(c1)C(=O)C(N)CC2. The van der Waals surface area contributed by atoms with Crippen LogP contribution in [0.15, 0.2) is 18.2 Å². The maximum atomic E-state index is 11.6. The first-order valence-electron chi connectivity index (χ1n) is 4.58. The van der Waals surface area contributed by atoms with E-state index >= 15 is 0 Å². The average molecular weight is 175 g/mol. The average Bonchev–Trinajstić information content (AvgIpc) is 2.12. The number of nitrogens with two attached hydrogens (primary N) is 1. The molecule has 2 nitrogen and oxygen atoms in total. The van der Waals surface area contributed by atoms with Crippen LogP contribution in [-0.2, 0) is 6.42 Å². The van der Waals surface area contributed by atoms with E-state index in [1.54, 1.807) is 0 Å². The van der Waals surface area contributed by atoms with E-state index in [4.69, 9.17) is 5.73 Å². The van der Waals surface area contributed by atoms with Gasteiger partial charge in [-0.1, -0.05) is 17.7 Å². The van der Waals surface area contributed by atoms with Gasteiger partial charge in [-0.2, -0.15) is 0 Å². The highest BCUT2D eigenvalue weighted by Gasteiger charge is 2.23. The molecule has 1 atom stereocenters. The molecule has 1 aromatic rings. The fourth-order valence-corrected chi connectivity index (χ4v) is 1.78. The minimum absolute atomic E-state index is 0.102. The van der Waals surface area contributed by atoms with Gasteiger partial charge in [0.2, 0.25) is 0 Å². The Morgan fingerprint density at radius 2 is 2.23 bits per heavy atom. The zero-order chi connectivity index (χ0) is 9.42. The highest BCUT2D eigenvalue weighted by molar-refractivity contribution is 6.02. The van der Waals surface area contributed by atoms with Crippen LogP contribution in [0.25, 0.3) is 0 Å². The van der Waals surface area contributed by atoms with Gasteiger partial charge in [-0.15, -0.1) is 0 Å². The molecule has 2 rings (SSSR count). The second kappa shape index (κ2) is 2.96. The summed E-state index contributed by atoms with van der Waals surface area (Å²) >= 11 is 0. The summed E-state index contributed by atoms with van der Waals surface area (Å²) in [5.74, 6) is 0.102. The third kappa shape index (κ3) is 1.38. The Morgan fingerprint density at radius 1 is 1.46 bits per heavy atom. The first kappa shape index (κ1) is 8.45. The number of benzene rings is 1. The number of carbonyl (C=O) groups excluding carboxylic acids is 1. The molecule has 13 heavy (non-hydrogen) atoms. The fraction of sp³-hybridized carbons (Fsp3) is 0.364. The summed E-state index contributed by atoms with van der Waals surface area (Å²) in [7, 11) is 0. The molecular formula is C11H13NO. The van der Waals surface area contributed by atoms with E-state index in [-0.39, 0.29) is 11.8 Å². The number of ketones is 1. The van der Waals surface area contributed by atoms with Crippen molar-refractivity contribution in [3.8, 4) is 0 Å². The molecule has 0 spiro atoms. The molecule has 0 bridgehead atoms. The summed E-state index contributed by atoms with van der Waals surface area (Å²) in [6, 6.07) is 5.74. The molecular weight excluding hydrogens is 162 g/mol. The molecule has 0 radical (unpaired) electrons. The largest absolute Gasteiger partial charge is 0.321 e. The van der Waals surface area contributed by atoms with Gasteiger partial charge in [-0.25, -0.2) is 0 Å². The van der Waals surface area contributed by atoms with E-state index in [2.05, 4.69) is 0 Å². The molecule has 0 amide bonds. The Bertz CT molecular complexity index is 357. The molecule has 1 unspecified atom stereocenters. The summed E-state index contributed by atoms with van der Waals surface area (Å²) in [5.41, 5.74) is 8.80. The number of carbonyl (C=O) groups is 1. The Balaban J connectivity index is 2.51. The van der Waals surface area contributed by atoms with Crippen molar-refractivity contribution >= 4 is 5.78 Å². The standard InChI is InChI=1S/C11H13NO/c1-7-2-3-8-4-5-10(12)11(13)9(8)6-7/h2-3,6,10H,4-5,12H2,1H3. The van der Waals surface area contributed by atoms with E-state index in [1.807, 2.05) is 25.1 Å². The molecule has 0 saturated carbocycles. The smallest absolute Gasteiger partial charge is 0.179 e.